The zero-order chi connectivity index (χ0) is 13.5. The van der Waals surface area contributed by atoms with Gasteiger partial charge in [0.25, 0.3) is 0 Å². The molecule has 0 aliphatic rings. The van der Waals surface area contributed by atoms with Gasteiger partial charge in [0.15, 0.2) is 0 Å². The van der Waals surface area contributed by atoms with Gasteiger partial charge >= 0.3 is 6.09 Å². The van der Waals surface area contributed by atoms with Crippen molar-refractivity contribution in [2.45, 2.75) is 6.92 Å². The molecular formula is C12H16N2O4. The lowest BCUT2D eigenvalue weighted by molar-refractivity contribution is 0.171. The van der Waals surface area contributed by atoms with Gasteiger partial charge in [0, 0.05) is 11.6 Å². The van der Waals surface area contributed by atoms with Crippen molar-refractivity contribution in [2.75, 3.05) is 21.3 Å². The van der Waals surface area contributed by atoms with Gasteiger partial charge in [-0.05, 0) is 19.1 Å². The van der Waals surface area contributed by atoms with E-state index in [1.807, 2.05) is 0 Å². The highest BCUT2D eigenvalue weighted by Gasteiger charge is 2.08. The summed E-state index contributed by atoms with van der Waals surface area (Å²) in [6.07, 6.45) is -0.623. The monoisotopic (exact) mass is 252 g/mol. The molecular weight excluding hydrogens is 236 g/mol. The number of nitrogens with one attached hydrogen (secondary N) is 1. The first-order valence-corrected chi connectivity index (χ1v) is 5.23. The molecule has 6 heteroatoms. The molecule has 0 heterocycles. The Labute approximate surface area is 106 Å². The molecule has 0 saturated heterocycles. The van der Waals surface area contributed by atoms with Crippen molar-refractivity contribution in [1.29, 1.82) is 0 Å². The van der Waals surface area contributed by atoms with E-state index in [9.17, 15) is 4.79 Å². The van der Waals surface area contributed by atoms with E-state index in [1.165, 1.54) is 7.11 Å². The van der Waals surface area contributed by atoms with Crippen LogP contribution in [0.2, 0.25) is 0 Å². The number of hydrazone groups is 1. The number of hydrogen-bond acceptors (Lipinski definition) is 5. The number of rotatable bonds is 4. The first-order valence-electron chi connectivity index (χ1n) is 5.23. The fourth-order valence-corrected chi connectivity index (χ4v) is 1.33. The lowest BCUT2D eigenvalue weighted by Gasteiger charge is -2.10. The Morgan fingerprint density at radius 1 is 1.22 bits per heavy atom. The van der Waals surface area contributed by atoms with E-state index in [1.54, 1.807) is 39.3 Å². The van der Waals surface area contributed by atoms with Gasteiger partial charge in [0.1, 0.15) is 11.5 Å². The molecule has 0 radical (unpaired) electrons. The molecule has 1 rings (SSSR count). The van der Waals surface area contributed by atoms with E-state index in [0.29, 0.717) is 17.2 Å². The Bertz CT molecular complexity index is 457. The molecule has 0 spiro atoms. The maximum Gasteiger partial charge on any atom is 0.427 e. The normalized spacial score (nSPS) is 10.8. The third-order valence-electron chi connectivity index (χ3n) is 2.30. The van der Waals surface area contributed by atoms with Crippen LogP contribution >= 0.6 is 0 Å². The average Bonchev–Trinajstić information content (AvgIpc) is 2.43. The highest BCUT2D eigenvalue weighted by atomic mass is 16.5. The van der Waals surface area contributed by atoms with E-state index in [-0.39, 0.29) is 0 Å². The Kier molecular flexibility index (Phi) is 4.98. The molecule has 0 fully saturated rings. The van der Waals surface area contributed by atoms with Crippen molar-refractivity contribution in [2.24, 2.45) is 5.10 Å². The van der Waals surface area contributed by atoms with Crippen molar-refractivity contribution >= 4 is 11.8 Å². The Morgan fingerprint density at radius 2 is 1.94 bits per heavy atom. The molecule has 1 aromatic rings. The van der Waals surface area contributed by atoms with E-state index >= 15 is 0 Å². The van der Waals surface area contributed by atoms with E-state index in [4.69, 9.17) is 9.47 Å². The predicted octanol–water partition coefficient (Wildman–Crippen LogP) is 1.78. The minimum absolute atomic E-state index is 0.597. The van der Waals surface area contributed by atoms with Crippen molar-refractivity contribution in [3.63, 3.8) is 0 Å². The highest BCUT2D eigenvalue weighted by Crippen LogP contribution is 2.24. The zero-order valence-electron chi connectivity index (χ0n) is 10.8. The van der Waals surface area contributed by atoms with Crippen LogP contribution < -0.4 is 14.9 Å². The number of carbonyl (C=O) groups is 1. The lowest BCUT2D eigenvalue weighted by Crippen LogP contribution is -2.18. The maximum absolute atomic E-state index is 10.9. The third kappa shape index (κ3) is 3.38. The Balaban J connectivity index is 2.97. The summed E-state index contributed by atoms with van der Waals surface area (Å²) in [5.41, 5.74) is 3.61. The number of benzene rings is 1. The molecule has 0 aromatic heterocycles. The third-order valence-corrected chi connectivity index (χ3v) is 2.30. The van der Waals surface area contributed by atoms with Crippen LogP contribution in [0.25, 0.3) is 0 Å². The van der Waals surface area contributed by atoms with Crippen molar-refractivity contribution in [3.05, 3.63) is 23.8 Å². The standard InChI is InChI=1S/C12H16N2O4/c1-8(13-14-12(15)18-4)10-6-5-9(16-2)7-11(10)17-3/h5-7H,1-4H3,(H,14,15)/b13-8-. The Morgan fingerprint density at radius 3 is 2.50 bits per heavy atom. The summed E-state index contributed by atoms with van der Waals surface area (Å²) >= 11 is 0. The molecule has 18 heavy (non-hydrogen) atoms. The van der Waals surface area contributed by atoms with Gasteiger partial charge in [0.2, 0.25) is 0 Å². The van der Waals surface area contributed by atoms with Crippen LogP contribution in [0.15, 0.2) is 23.3 Å². The minimum Gasteiger partial charge on any atom is -0.497 e. The SMILES string of the molecule is COC(=O)N/N=C(/C)c1ccc(OC)cc1OC. The van der Waals surface area contributed by atoms with Gasteiger partial charge in [-0.1, -0.05) is 0 Å². The molecule has 0 bridgehead atoms. The number of hydrogen-bond donors (Lipinski definition) is 1. The van der Waals surface area contributed by atoms with E-state index < -0.39 is 6.09 Å². The summed E-state index contributed by atoms with van der Waals surface area (Å²) in [6.45, 7) is 1.75. The fraction of sp³-hybridized carbons (Fsp3) is 0.333. The van der Waals surface area contributed by atoms with Crippen LogP contribution in [-0.4, -0.2) is 33.1 Å². The molecule has 0 atom stereocenters. The smallest absolute Gasteiger partial charge is 0.427 e. The second-order valence-electron chi connectivity index (χ2n) is 3.37. The fourth-order valence-electron chi connectivity index (χ4n) is 1.33. The van der Waals surface area contributed by atoms with Gasteiger partial charge in [-0.3, -0.25) is 0 Å². The molecule has 6 nitrogen and oxygen atoms in total. The highest BCUT2D eigenvalue weighted by molar-refractivity contribution is 6.01. The molecule has 0 aliphatic carbocycles. The van der Waals surface area contributed by atoms with E-state index in [2.05, 4.69) is 15.3 Å². The Hall–Kier alpha value is -2.24. The number of amides is 1. The van der Waals surface area contributed by atoms with Crippen LogP contribution in [0.3, 0.4) is 0 Å². The number of nitrogens with zero attached hydrogens (tertiary/aromatic N) is 1. The largest absolute Gasteiger partial charge is 0.497 e. The maximum atomic E-state index is 10.9. The lowest BCUT2D eigenvalue weighted by atomic mass is 10.1. The summed E-state index contributed by atoms with van der Waals surface area (Å²) in [5.74, 6) is 1.30. The average molecular weight is 252 g/mol. The summed E-state index contributed by atoms with van der Waals surface area (Å²) in [7, 11) is 4.40. The van der Waals surface area contributed by atoms with Crippen molar-refractivity contribution in [1.82, 2.24) is 5.43 Å². The first kappa shape index (κ1) is 13.8. The van der Waals surface area contributed by atoms with E-state index in [0.717, 1.165) is 5.56 Å². The van der Waals surface area contributed by atoms with Crippen LogP contribution in [0.4, 0.5) is 4.79 Å². The molecule has 1 N–H and O–H groups in total. The molecule has 0 unspecified atom stereocenters. The van der Waals surface area contributed by atoms with Crippen LogP contribution in [0.1, 0.15) is 12.5 Å². The van der Waals surface area contributed by atoms with Gasteiger partial charge in [-0.25, -0.2) is 10.2 Å². The summed E-state index contributed by atoms with van der Waals surface area (Å²) in [4.78, 5) is 10.9. The van der Waals surface area contributed by atoms with Crippen molar-refractivity contribution in [3.8, 4) is 11.5 Å². The summed E-state index contributed by atoms with van der Waals surface area (Å²) < 4.78 is 14.8. The second-order valence-corrected chi connectivity index (χ2v) is 3.37. The van der Waals surface area contributed by atoms with Gasteiger partial charge in [0.05, 0.1) is 27.0 Å². The predicted molar refractivity (Wildman–Crippen MR) is 67.3 cm³/mol. The van der Waals surface area contributed by atoms with Gasteiger partial charge < -0.3 is 14.2 Å². The van der Waals surface area contributed by atoms with Crippen molar-refractivity contribution < 1.29 is 19.0 Å². The van der Waals surface area contributed by atoms with Crippen LogP contribution in [-0.2, 0) is 4.74 Å². The molecule has 0 aliphatic heterocycles. The summed E-state index contributed by atoms with van der Waals surface area (Å²) in [5, 5.41) is 3.90. The van der Waals surface area contributed by atoms with Gasteiger partial charge in [-0.15, -0.1) is 0 Å². The van der Waals surface area contributed by atoms with Gasteiger partial charge in [-0.2, -0.15) is 5.10 Å². The van der Waals surface area contributed by atoms with Crippen LogP contribution in [0.5, 0.6) is 11.5 Å². The second kappa shape index (κ2) is 6.48. The number of methoxy groups -OCH3 is 3. The minimum atomic E-state index is -0.623. The topological polar surface area (TPSA) is 69.2 Å². The molecule has 0 saturated carbocycles. The van der Waals surface area contributed by atoms with Crippen LogP contribution in [0, 0.1) is 0 Å². The quantitative estimate of drug-likeness (QED) is 0.655. The number of carbonyl (C=O) groups excluding carboxylic acids is 1. The number of ether oxygens (including phenoxy) is 3. The molecule has 1 aromatic carbocycles. The molecule has 98 valence electrons. The summed E-state index contributed by atoms with van der Waals surface area (Å²) in [6, 6.07) is 5.33. The zero-order valence-corrected chi connectivity index (χ0v) is 10.8. The first-order chi connectivity index (χ1) is 8.62. The molecule has 1 amide bonds.